The summed E-state index contributed by atoms with van der Waals surface area (Å²) < 4.78 is 26.7. The third-order valence-corrected chi connectivity index (χ3v) is 2.53. The number of benzene rings is 1. The van der Waals surface area contributed by atoms with Gasteiger partial charge in [-0.2, -0.15) is 0 Å². The average molecular weight is 285 g/mol. The second-order valence-electron chi connectivity index (χ2n) is 3.61. The van der Waals surface area contributed by atoms with Gasteiger partial charge in [0.2, 0.25) is 0 Å². The van der Waals surface area contributed by atoms with E-state index in [1.54, 1.807) is 0 Å². The number of para-hydroxylation sites is 1. The van der Waals surface area contributed by atoms with E-state index in [0.29, 0.717) is 0 Å². The van der Waals surface area contributed by atoms with E-state index in [0.717, 1.165) is 24.3 Å². The van der Waals surface area contributed by atoms with Crippen molar-refractivity contribution < 1.29 is 13.6 Å². The van der Waals surface area contributed by atoms with Gasteiger partial charge in [-0.1, -0.05) is 17.7 Å². The number of carbonyl (C=O) groups excluding carboxylic acids is 1. The number of pyridine rings is 1. The van der Waals surface area contributed by atoms with Crippen LogP contribution >= 0.6 is 11.6 Å². The summed E-state index contributed by atoms with van der Waals surface area (Å²) in [4.78, 5) is 25.4. The van der Waals surface area contributed by atoms with Crippen molar-refractivity contribution in [3.63, 3.8) is 0 Å². The first-order chi connectivity index (χ1) is 8.99. The normalized spacial score (nSPS) is 10.3. The van der Waals surface area contributed by atoms with Crippen LogP contribution in [-0.2, 0) is 0 Å². The smallest absolute Gasteiger partial charge is 0.261 e. The molecule has 2 rings (SSSR count). The van der Waals surface area contributed by atoms with Crippen LogP contribution in [0.2, 0.25) is 5.02 Å². The van der Waals surface area contributed by atoms with Gasteiger partial charge in [-0.25, -0.2) is 8.78 Å². The molecule has 0 radical (unpaired) electrons. The van der Waals surface area contributed by atoms with Crippen LogP contribution in [0, 0.1) is 11.6 Å². The van der Waals surface area contributed by atoms with Gasteiger partial charge in [-0.15, -0.1) is 0 Å². The van der Waals surface area contributed by atoms with Gasteiger partial charge >= 0.3 is 0 Å². The molecule has 2 aromatic rings. The number of amides is 1. The number of hydrogen-bond acceptors (Lipinski definition) is 2. The lowest BCUT2D eigenvalue weighted by Crippen LogP contribution is -2.23. The van der Waals surface area contributed by atoms with Crippen LogP contribution in [0.5, 0.6) is 0 Å². The van der Waals surface area contributed by atoms with Gasteiger partial charge in [0.15, 0.2) is 0 Å². The summed E-state index contributed by atoms with van der Waals surface area (Å²) in [6, 6.07) is 4.24. The topological polar surface area (TPSA) is 62.0 Å². The summed E-state index contributed by atoms with van der Waals surface area (Å²) in [5.74, 6) is -2.83. The Morgan fingerprint density at radius 2 is 1.89 bits per heavy atom. The molecule has 1 aromatic heterocycles. The van der Waals surface area contributed by atoms with E-state index in [4.69, 9.17) is 11.6 Å². The van der Waals surface area contributed by atoms with Crippen molar-refractivity contribution in [2.75, 3.05) is 5.32 Å². The second kappa shape index (κ2) is 5.19. The Balaban J connectivity index is 2.36. The lowest BCUT2D eigenvalue weighted by molar-refractivity contribution is 0.102. The van der Waals surface area contributed by atoms with Crippen molar-refractivity contribution in [2.24, 2.45) is 0 Å². The molecular formula is C12H7ClF2N2O2. The summed E-state index contributed by atoms with van der Waals surface area (Å²) in [5, 5.41) is 2.12. The molecule has 0 aliphatic rings. The summed E-state index contributed by atoms with van der Waals surface area (Å²) >= 11 is 5.63. The average Bonchev–Trinajstić information content (AvgIpc) is 2.37. The third kappa shape index (κ3) is 2.79. The number of aromatic amines is 1. The quantitative estimate of drug-likeness (QED) is 0.890. The predicted molar refractivity (Wildman–Crippen MR) is 66.4 cm³/mol. The fraction of sp³-hybridized carbons (Fsp3) is 0. The van der Waals surface area contributed by atoms with Gasteiger partial charge in [0.25, 0.3) is 11.5 Å². The van der Waals surface area contributed by atoms with Crippen molar-refractivity contribution in [3.8, 4) is 0 Å². The second-order valence-corrected chi connectivity index (χ2v) is 4.05. The van der Waals surface area contributed by atoms with Crippen molar-refractivity contribution in [1.82, 2.24) is 4.98 Å². The molecule has 1 heterocycles. The van der Waals surface area contributed by atoms with E-state index in [-0.39, 0.29) is 10.6 Å². The van der Waals surface area contributed by atoms with Crippen molar-refractivity contribution in [2.45, 2.75) is 0 Å². The summed E-state index contributed by atoms with van der Waals surface area (Å²) in [7, 11) is 0. The summed E-state index contributed by atoms with van der Waals surface area (Å²) in [6.07, 6.45) is 1.20. The highest BCUT2D eigenvalue weighted by Crippen LogP contribution is 2.18. The maximum atomic E-state index is 13.3. The fourth-order valence-electron chi connectivity index (χ4n) is 1.42. The lowest BCUT2D eigenvalue weighted by atomic mass is 10.2. The van der Waals surface area contributed by atoms with Gasteiger partial charge in [0.05, 0.1) is 5.02 Å². The molecule has 0 saturated heterocycles. The molecule has 0 unspecified atom stereocenters. The SMILES string of the molecule is O=C(Nc1c(F)cccc1F)c1cc(Cl)c[nH]c1=O. The Bertz CT molecular complexity index is 680. The van der Waals surface area contributed by atoms with E-state index < -0.39 is 28.8 Å². The number of carbonyl (C=O) groups is 1. The Hall–Kier alpha value is -2.21. The first-order valence-electron chi connectivity index (χ1n) is 5.12. The molecule has 19 heavy (non-hydrogen) atoms. The van der Waals surface area contributed by atoms with Crippen molar-refractivity contribution >= 4 is 23.2 Å². The molecular weight excluding hydrogens is 278 g/mol. The molecule has 98 valence electrons. The highest BCUT2D eigenvalue weighted by Gasteiger charge is 2.16. The van der Waals surface area contributed by atoms with E-state index >= 15 is 0 Å². The highest BCUT2D eigenvalue weighted by atomic mass is 35.5. The minimum atomic E-state index is -0.951. The minimum absolute atomic E-state index is 0.124. The van der Waals surface area contributed by atoms with Crippen LogP contribution in [0.1, 0.15) is 10.4 Å². The van der Waals surface area contributed by atoms with Gasteiger partial charge in [-0.05, 0) is 18.2 Å². The zero-order valence-electron chi connectivity index (χ0n) is 9.34. The largest absolute Gasteiger partial charge is 0.327 e. The molecule has 2 N–H and O–H groups in total. The molecule has 1 amide bonds. The molecule has 0 aliphatic carbocycles. The van der Waals surface area contributed by atoms with Crippen LogP contribution in [0.15, 0.2) is 35.3 Å². The van der Waals surface area contributed by atoms with Crippen molar-refractivity contribution in [1.29, 1.82) is 0 Å². The summed E-state index contributed by atoms with van der Waals surface area (Å²) in [5.41, 5.74) is -1.67. The van der Waals surface area contributed by atoms with Crippen LogP contribution in [0.4, 0.5) is 14.5 Å². The molecule has 0 aliphatic heterocycles. The minimum Gasteiger partial charge on any atom is -0.327 e. The highest BCUT2D eigenvalue weighted by molar-refractivity contribution is 6.30. The molecule has 1 aromatic carbocycles. The number of aromatic nitrogens is 1. The first kappa shape index (κ1) is 13.2. The molecule has 7 heteroatoms. The van der Waals surface area contributed by atoms with E-state index in [2.05, 4.69) is 4.98 Å². The van der Waals surface area contributed by atoms with E-state index in [1.165, 1.54) is 6.20 Å². The van der Waals surface area contributed by atoms with Gasteiger partial charge in [0.1, 0.15) is 22.9 Å². The number of rotatable bonds is 2. The van der Waals surface area contributed by atoms with Crippen LogP contribution < -0.4 is 10.9 Å². The van der Waals surface area contributed by atoms with Gasteiger partial charge < -0.3 is 10.3 Å². The van der Waals surface area contributed by atoms with E-state index in [1.807, 2.05) is 5.32 Å². The maximum Gasteiger partial charge on any atom is 0.261 e. The number of anilines is 1. The molecule has 0 bridgehead atoms. The maximum absolute atomic E-state index is 13.3. The van der Waals surface area contributed by atoms with E-state index in [9.17, 15) is 18.4 Å². The van der Waals surface area contributed by atoms with Crippen molar-refractivity contribution in [3.05, 3.63) is 63.0 Å². The predicted octanol–water partition coefficient (Wildman–Crippen LogP) is 2.56. The Morgan fingerprint density at radius 1 is 1.26 bits per heavy atom. The molecule has 0 spiro atoms. The molecule has 4 nitrogen and oxygen atoms in total. The van der Waals surface area contributed by atoms with Crippen LogP contribution in [-0.4, -0.2) is 10.9 Å². The Kier molecular flexibility index (Phi) is 3.62. The standard InChI is InChI=1S/C12H7ClF2N2O2/c13-6-4-7(11(18)16-5-6)12(19)17-10-8(14)2-1-3-9(10)15/h1-5H,(H,16,18)(H,17,19). The third-order valence-electron chi connectivity index (χ3n) is 2.31. The Morgan fingerprint density at radius 3 is 2.53 bits per heavy atom. The van der Waals surface area contributed by atoms with Gasteiger partial charge in [0, 0.05) is 6.20 Å². The number of H-pyrrole nitrogens is 1. The number of hydrogen-bond donors (Lipinski definition) is 2. The zero-order chi connectivity index (χ0) is 14.0. The lowest BCUT2D eigenvalue weighted by Gasteiger charge is -2.07. The molecule has 0 fully saturated rings. The first-order valence-corrected chi connectivity index (χ1v) is 5.50. The Labute approximate surface area is 111 Å². The molecule has 0 saturated carbocycles. The zero-order valence-corrected chi connectivity index (χ0v) is 10.1. The number of halogens is 3. The van der Waals surface area contributed by atoms with Crippen LogP contribution in [0.25, 0.3) is 0 Å². The van der Waals surface area contributed by atoms with Gasteiger partial charge in [-0.3, -0.25) is 9.59 Å². The number of nitrogens with one attached hydrogen (secondary N) is 2. The monoisotopic (exact) mass is 284 g/mol. The fourth-order valence-corrected chi connectivity index (χ4v) is 1.59. The van der Waals surface area contributed by atoms with Crippen LogP contribution in [0.3, 0.4) is 0 Å². The molecule has 0 atom stereocenters. The summed E-state index contributed by atoms with van der Waals surface area (Å²) in [6.45, 7) is 0.